The van der Waals surface area contributed by atoms with Gasteiger partial charge in [-0.3, -0.25) is 9.36 Å². The normalized spacial score (nSPS) is 14.1. The van der Waals surface area contributed by atoms with Crippen LogP contribution in [0.15, 0.2) is 40.3 Å². The van der Waals surface area contributed by atoms with Crippen molar-refractivity contribution < 1.29 is 0 Å². The number of fused-ring (bicyclic) bond motifs is 2. The largest absolute Gasteiger partial charge is 0.287 e. The third kappa shape index (κ3) is 3.35. The van der Waals surface area contributed by atoms with E-state index in [-0.39, 0.29) is 5.43 Å². The Labute approximate surface area is 162 Å². The van der Waals surface area contributed by atoms with Crippen LogP contribution >= 0.6 is 23.1 Å². The number of hydrogen-bond acceptors (Lipinski definition) is 4. The van der Waals surface area contributed by atoms with Gasteiger partial charge in [0.15, 0.2) is 5.16 Å². The SMILES string of the molecule is CC(C)CCSc1nc2c(=O)c3c(sc2n1-c1ccccc1)CCCC3. The molecule has 4 rings (SSSR count). The van der Waals surface area contributed by atoms with E-state index in [2.05, 4.69) is 30.5 Å². The maximum absolute atomic E-state index is 13.1. The minimum absolute atomic E-state index is 0.161. The highest BCUT2D eigenvalue weighted by molar-refractivity contribution is 7.99. The Kier molecular flexibility index (Phi) is 5.18. The summed E-state index contributed by atoms with van der Waals surface area (Å²) in [4.78, 5) is 20.2. The van der Waals surface area contributed by atoms with Gasteiger partial charge in [0.05, 0.1) is 0 Å². The number of imidazole rings is 1. The van der Waals surface area contributed by atoms with Crippen molar-refractivity contribution >= 4 is 33.4 Å². The first-order valence-corrected chi connectivity index (χ1v) is 11.2. The Morgan fingerprint density at radius 3 is 2.73 bits per heavy atom. The van der Waals surface area contributed by atoms with E-state index in [4.69, 9.17) is 4.98 Å². The molecule has 1 aliphatic rings. The van der Waals surface area contributed by atoms with Gasteiger partial charge in [-0.15, -0.1) is 11.3 Å². The van der Waals surface area contributed by atoms with E-state index in [1.165, 1.54) is 11.3 Å². The molecule has 0 saturated heterocycles. The number of benzene rings is 1. The van der Waals surface area contributed by atoms with Gasteiger partial charge in [-0.2, -0.15) is 0 Å². The van der Waals surface area contributed by atoms with E-state index in [9.17, 15) is 4.79 Å². The summed E-state index contributed by atoms with van der Waals surface area (Å²) in [6, 6.07) is 10.3. The molecule has 0 amide bonds. The van der Waals surface area contributed by atoms with E-state index in [0.29, 0.717) is 11.4 Å². The summed E-state index contributed by atoms with van der Waals surface area (Å²) in [6.45, 7) is 4.49. The second kappa shape index (κ2) is 7.57. The molecule has 2 heterocycles. The molecule has 1 aromatic carbocycles. The van der Waals surface area contributed by atoms with Gasteiger partial charge in [-0.05, 0) is 50.2 Å². The summed E-state index contributed by atoms with van der Waals surface area (Å²) in [5.41, 5.74) is 2.93. The van der Waals surface area contributed by atoms with Gasteiger partial charge in [0.25, 0.3) is 0 Å². The number of para-hydroxylation sites is 1. The van der Waals surface area contributed by atoms with Crippen molar-refractivity contribution in [2.75, 3.05) is 5.75 Å². The Bertz CT molecular complexity index is 973. The lowest BCUT2D eigenvalue weighted by molar-refractivity contribution is 0.631. The molecule has 3 nitrogen and oxygen atoms in total. The highest BCUT2D eigenvalue weighted by atomic mass is 32.2. The Morgan fingerprint density at radius 2 is 1.96 bits per heavy atom. The van der Waals surface area contributed by atoms with Gasteiger partial charge >= 0.3 is 0 Å². The molecule has 0 aliphatic heterocycles. The van der Waals surface area contributed by atoms with E-state index < -0.39 is 0 Å². The molecule has 0 unspecified atom stereocenters. The van der Waals surface area contributed by atoms with E-state index >= 15 is 0 Å². The number of hydrogen-bond donors (Lipinski definition) is 0. The van der Waals surface area contributed by atoms with Crippen molar-refractivity contribution in [3.05, 3.63) is 51.0 Å². The van der Waals surface area contributed by atoms with Crippen LogP contribution in [0.3, 0.4) is 0 Å². The predicted molar refractivity (Wildman–Crippen MR) is 112 cm³/mol. The molecule has 0 atom stereocenters. The first-order valence-electron chi connectivity index (χ1n) is 9.40. The smallest absolute Gasteiger partial charge is 0.211 e. The first kappa shape index (κ1) is 17.8. The maximum atomic E-state index is 13.1. The Morgan fingerprint density at radius 1 is 1.19 bits per heavy atom. The number of aryl methyl sites for hydroxylation is 1. The van der Waals surface area contributed by atoms with Crippen LogP contribution in [-0.4, -0.2) is 15.3 Å². The molecule has 0 bridgehead atoms. The van der Waals surface area contributed by atoms with Crippen LogP contribution in [0.1, 0.15) is 43.6 Å². The van der Waals surface area contributed by atoms with Crippen LogP contribution in [0, 0.1) is 5.92 Å². The van der Waals surface area contributed by atoms with Gasteiger partial charge in [-0.1, -0.05) is 43.8 Å². The van der Waals surface area contributed by atoms with Crippen molar-refractivity contribution in [3.8, 4) is 5.69 Å². The van der Waals surface area contributed by atoms with Gasteiger partial charge in [0.2, 0.25) is 5.43 Å². The van der Waals surface area contributed by atoms with E-state index in [1.54, 1.807) is 23.1 Å². The zero-order chi connectivity index (χ0) is 18.1. The predicted octanol–water partition coefficient (Wildman–Crippen LogP) is 5.46. The molecule has 0 spiro atoms. The first-order chi connectivity index (χ1) is 12.6. The maximum Gasteiger partial charge on any atom is 0.211 e. The number of thioether (sulfide) groups is 1. The summed E-state index contributed by atoms with van der Waals surface area (Å²) in [6.07, 6.45) is 5.39. The molecule has 136 valence electrons. The minimum atomic E-state index is 0.161. The third-order valence-electron chi connectivity index (χ3n) is 4.87. The second-order valence-electron chi connectivity index (χ2n) is 7.29. The molecular weight excluding hydrogens is 360 g/mol. The monoisotopic (exact) mass is 384 g/mol. The molecule has 0 saturated carbocycles. The summed E-state index contributed by atoms with van der Waals surface area (Å²) in [5, 5.41) is 0.947. The fraction of sp³-hybridized carbons (Fsp3) is 0.429. The average Bonchev–Trinajstić information content (AvgIpc) is 3.01. The Balaban J connectivity index is 1.89. The summed E-state index contributed by atoms with van der Waals surface area (Å²) in [7, 11) is 0. The third-order valence-corrected chi connectivity index (χ3v) is 7.11. The summed E-state index contributed by atoms with van der Waals surface area (Å²) < 4.78 is 2.20. The van der Waals surface area contributed by atoms with Gasteiger partial charge in [-0.25, -0.2) is 4.98 Å². The molecule has 3 aromatic rings. The molecular formula is C21H24N2OS2. The zero-order valence-corrected chi connectivity index (χ0v) is 17.0. The van der Waals surface area contributed by atoms with Crippen LogP contribution in [0.25, 0.3) is 16.0 Å². The highest BCUT2D eigenvalue weighted by Gasteiger charge is 2.22. The number of aromatic nitrogens is 2. The lowest BCUT2D eigenvalue weighted by Gasteiger charge is -2.14. The second-order valence-corrected chi connectivity index (χ2v) is 9.44. The van der Waals surface area contributed by atoms with Gasteiger partial charge < -0.3 is 0 Å². The van der Waals surface area contributed by atoms with Crippen molar-refractivity contribution in [1.82, 2.24) is 9.55 Å². The molecule has 0 N–H and O–H groups in total. The summed E-state index contributed by atoms with van der Waals surface area (Å²) in [5.74, 6) is 1.69. The summed E-state index contributed by atoms with van der Waals surface area (Å²) >= 11 is 3.54. The fourth-order valence-corrected chi connectivity index (χ4v) is 6.03. The molecule has 0 fully saturated rings. The highest BCUT2D eigenvalue weighted by Crippen LogP contribution is 2.33. The van der Waals surface area contributed by atoms with Crippen molar-refractivity contribution in [2.24, 2.45) is 5.92 Å². The van der Waals surface area contributed by atoms with Crippen molar-refractivity contribution in [3.63, 3.8) is 0 Å². The zero-order valence-electron chi connectivity index (χ0n) is 15.3. The van der Waals surface area contributed by atoms with Gasteiger partial charge in [0, 0.05) is 21.9 Å². The minimum Gasteiger partial charge on any atom is -0.287 e. The number of nitrogens with zero attached hydrogens (tertiary/aromatic N) is 2. The molecule has 2 aromatic heterocycles. The topological polar surface area (TPSA) is 34.9 Å². The van der Waals surface area contributed by atoms with Crippen LogP contribution in [0.5, 0.6) is 0 Å². The quantitative estimate of drug-likeness (QED) is 0.548. The lowest BCUT2D eigenvalue weighted by Crippen LogP contribution is -2.15. The van der Waals surface area contributed by atoms with E-state index in [1.807, 2.05) is 18.2 Å². The molecule has 26 heavy (non-hydrogen) atoms. The number of rotatable bonds is 5. The fourth-order valence-electron chi connectivity index (χ4n) is 3.41. The van der Waals surface area contributed by atoms with Crippen LogP contribution in [0.2, 0.25) is 0 Å². The van der Waals surface area contributed by atoms with Crippen molar-refractivity contribution in [1.29, 1.82) is 0 Å². The average molecular weight is 385 g/mol. The molecule has 1 aliphatic carbocycles. The van der Waals surface area contributed by atoms with Crippen LogP contribution in [0.4, 0.5) is 0 Å². The van der Waals surface area contributed by atoms with E-state index in [0.717, 1.165) is 52.7 Å². The standard InChI is InChI=1S/C21H24N2OS2/c1-14(2)12-13-25-21-22-18-19(24)16-10-6-7-11-17(16)26-20(18)23(21)15-8-4-3-5-9-15/h3-5,8-9,14H,6-7,10-13H2,1-2H3. The molecule has 5 heteroatoms. The van der Waals surface area contributed by atoms with Crippen LogP contribution < -0.4 is 5.43 Å². The van der Waals surface area contributed by atoms with Crippen molar-refractivity contribution in [2.45, 2.75) is 51.1 Å². The van der Waals surface area contributed by atoms with Crippen LogP contribution in [-0.2, 0) is 12.8 Å². The lowest BCUT2D eigenvalue weighted by atomic mass is 9.98. The Hall–Kier alpha value is -1.59. The molecule has 0 radical (unpaired) electrons. The van der Waals surface area contributed by atoms with Gasteiger partial charge in [0.1, 0.15) is 10.3 Å².